The van der Waals surface area contributed by atoms with Gasteiger partial charge in [0, 0.05) is 21.7 Å². The molecule has 0 aliphatic heterocycles. The molecule has 0 spiro atoms. The first-order chi connectivity index (χ1) is 18.4. The van der Waals surface area contributed by atoms with Crippen LogP contribution < -0.4 is 0 Å². The molecule has 172 valence electrons. The Balaban J connectivity index is 1.75. The molecular weight excluding hydrogens is 446 g/mol. The summed E-state index contributed by atoms with van der Waals surface area (Å²) in [5.74, 6) is 0. The van der Waals surface area contributed by atoms with Gasteiger partial charge in [-0.25, -0.2) is 0 Å². The molecule has 1 heteroatoms. The monoisotopic (exact) mass is 469 g/mol. The highest BCUT2D eigenvalue weighted by atomic mass is 14.9. The lowest BCUT2D eigenvalue weighted by molar-refractivity contribution is 1.29. The van der Waals surface area contributed by atoms with Gasteiger partial charge in [0.05, 0.1) is 16.7 Å². The lowest BCUT2D eigenvalue weighted by Crippen LogP contribution is -1.96. The highest BCUT2D eigenvalue weighted by molar-refractivity contribution is 6.28. The molecule has 2 heterocycles. The number of fused-ring (bicyclic) bond motifs is 10. The van der Waals surface area contributed by atoms with E-state index < -0.39 is 0 Å². The molecule has 0 atom stereocenters. The van der Waals surface area contributed by atoms with Crippen LogP contribution in [0.15, 0.2) is 140 Å². The van der Waals surface area contributed by atoms with Crippen LogP contribution in [0.25, 0.3) is 71.1 Å². The lowest BCUT2D eigenvalue weighted by Gasteiger charge is -2.17. The number of hydrogen-bond acceptors (Lipinski definition) is 0. The van der Waals surface area contributed by atoms with E-state index in [0.29, 0.717) is 0 Å². The van der Waals surface area contributed by atoms with Crippen molar-refractivity contribution in [3.05, 3.63) is 140 Å². The zero-order valence-corrected chi connectivity index (χ0v) is 20.2. The first-order valence-corrected chi connectivity index (χ1v) is 12.8. The fraction of sp³-hybridized carbons (Fsp3) is 0. The molecule has 0 bridgehead atoms. The summed E-state index contributed by atoms with van der Waals surface area (Å²) in [5.41, 5.74) is 7.45. The molecule has 6 aromatic carbocycles. The third-order valence-corrected chi connectivity index (χ3v) is 7.74. The van der Waals surface area contributed by atoms with Gasteiger partial charge in [-0.05, 0) is 38.7 Å². The van der Waals surface area contributed by atoms with Crippen LogP contribution in [0.2, 0.25) is 0 Å². The first kappa shape index (κ1) is 20.3. The van der Waals surface area contributed by atoms with Crippen LogP contribution in [-0.4, -0.2) is 4.40 Å². The number of pyridine rings is 1. The Bertz CT molecular complexity index is 1960. The summed E-state index contributed by atoms with van der Waals surface area (Å²) < 4.78 is 2.53. The standard InChI is InChI=1S/C36H23N/c1-3-11-24(12-4-1)32-23-33(27-15-5-2-6-16-27)37-35-29-18-10-8-14-26(29)20-22-31(35)30-21-19-25-13-7-9-17-28(25)34(30)36(32)37/h1-23H. The molecule has 0 aliphatic carbocycles. The van der Waals surface area contributed by atoms with E-state index in [1.165, 1.54) is 71.1 Å². The van der Waals surface area contributed by atoms with Crippen molar-refractivity contribution in [2.45, 2.75) is 0 Å². The average molecular weight is 470 g/mol. The van der Waals surface area contributed by atoms with Gasteiger partial charge in [0.2, 0.25) is 0 Å². The molecule has 0 aliphatic rings. The average Bonchev–Trinajstić information content (AvgIpc) is 3.38. The molecule has 8 rings (SSSR count). The number of rotatable bonds is 2. The van der Waals surface area contributed by atoms with E-state index in [1.807, 2.05) is 0 Å². The van der Waals surface area contributed by atoms with Crippen LogP contribution in [0, 0.1) is 0 Å². The van der Waals surface area contributed by atoms with E-state index in [-0.39, 0.29) is 0 Å². The van der Waals surface area contributed by atoms with Crippen LogP contribution in [0.5, 0.6) is 0 Å². The van der Waals surface area contributed by atoms with E-state index in [1.54, 1.807) is 0 Å². The summed E-state index contributed by atoms with van der Waals surface area (Å²) in [7, 11) is 0. The quantitative estimate of drug-likeness (QED) is 0.222. The molecule has 0 unspecified atom stereocenters. The van der Waals surface area contributed by atoms with Gasteiger partial charge < -0.3 is 4.40 Å². The summed E-state index contributed by atoms with van der Waals surface area (Å²) in [5, 5.41) is 8.95. The Morgan fingerprint density at radius 3 is 1.68 bits per heavy atom. The maximum Gasteiger partial charge on any atom is 0.0626 e. The Hall–Kier alpha value is -4.88. The number of benzene rings is 6. The summed E-state index contributed by atoms with van der Waals surface area (Å²) in [6.45, 7) is 0. The largest absolute Gasteiger partial charge is 0.307 e. The highest BCUT2D eigenvalue weighted by Crippen LogP contribution is 2.44. The topological polar surface area (TPSA) is 4.41 Å². The zero-order chi connectivity index (χ0) is 24.3. The van der Waals surface area contributed by atoms with Gasteiger partial charge in [-0.3, -0.25) is 0 Å². The maximum absolute atomic E-state index is 2.53. The van der Waals surface area contributed by atoms with E-state index in [9.17, 15) is 0 Å². The normalized spacial score (nSPS) is 11.8. The van der Waals surface area contributed by atoms with E-state index in [4.69, 9.17) is 0 Å². The van der Waals surface area contributed by atoms with Crippen LogP contribution >= 0.6 is 0 Å². The predicted octanol–water partition coefficient (Wildman–Crippen LogP) is 9.89. The smallest absolute Gasteiger partial charge is 0.0626 e. The molecule has 0 saturated carbocycles. The first-order valence-electron chi connectivity index (χ1n) is 12.8. The van der Waals surface area contributed by atoms with Crippen molar-refractivity contribution >= 4 is 48.7 Å². The van der Waals surface area contributed by atoms with Crippen LogP contribution in [0.4, 0.5) is 0 Å². The minimum atomic E-state index is 1.21. The second-order valence-corrected chi connectivity index (χ2v) is 9.75. The fourth-order valence-corrected chi connectivity index (χ4v) is 6.11. The Kier molecular flexibility index (Phi) is 4.29. The molecule has 37 heavy (non-hydrogen) atoms. The molecule has 0 fully saturated rings. The van der Waals surface area contributed by atoms with Crippen molar-refractivity contribution in [2.75, 3.05) is 0 Å². The Morgan fingerprint density at radius 2 is 0.946 bits per heavy atom. The van der Waals surface area contributed by atoms with Crippen molar-refractivity contribution in [2.24, 2.45) is 0 Å². The maximum atomic E-state index is 2.53. The van der Waals surface area contributed by atoms with Gasteiger partial charge in [-0.1, -0.05) is 133 Å². The van der Waals surface area contributed by atoms with E-state index >= 15 is 0 Å². The zero-order valence-electron chi connectivity index (χ0n) is 20.2. The molecule has 0 radical (unpaired) electrons. The lowest BCUT2D eigenvalue weighted by atomic mass is 9.94. The molecular formula is C36H23N. The summed E-state index contributed by atoms with van der Waals surface area (Å²) >= 11 is 0. The molecule has 0 N–H and O–H groups in total. The van der Waals surface area contributed by atoms with Crippen LogP contribution in [0.3, 0.4) is 0 Å². The van der Waals surface area contributed by atoms with Gasteiger partial charge in [0.25, 0.3) is 0 Å². The van der Waals surface area contributed by atoms with Crippen LogP contribution in [0.1, 0.15) is 0 Å². The van der Waals surface area contributed by atoms with Gasteiger partial charge in [0.15, 0.2) is 0 Å². The van der Waals surface area contributed by atoms with Gasteiger partial charge in [-0.15, -0.1) is 0 Å². The van der Waals surface area contributed by atoms with Gasteiger partial charge >= 0.3 is 0 Å². The number of aromatic nitrogens is 1. The number of hydrogen-bond donors (Lipinski definition) is 0. The summed E-state index contributed by atoms with van der Waals surface area (Å²) in [6.07, 6.45) is 0. The third kappa shape index (κ3) is 2.92. The Labute approximate surface area is 214 Å². The van der Waals surface area contributed by atoms with E-state index in [2.05, 4.69) is 144 Å². The number of nitrogens with zero attached hydrogens (tertiary/aromatic N) is 1. The predicted molar refractivity (Wildman–Crippen MR) is 158 cm³/mol. The second-order valence-electron chi connectivity index (χ2n) is 9.75. The molecule has 8 aromatic rings. The highest BCUT2D eigenvalue weighted by Gasteiger charge is 2.21. The fourth-order valence-electron chi connectivity index (χ4n) is 6.11. The summed E-state index contributed by atoms with van der Waals surface area (Å²) in [6, 6.07) is 50.7. The molecule has 1 nitrogen and oxygen atoms in total. The molecule has 2 aromatic heterocycles. The SMILES string of the molecule is c1ccc(-c2cc(-c3ccccc3)n3c2c2c4ccccc4ccc2c2ccc4ccccc4c23)cc1. The molecule has 0 amide bonds. The van der Waals surface area contributed by atoms with Crippen molar-refractivity contribution < 1.29 is 0 Å². The minimum Gasteiger partial charge on any atom is -0.307 e. The second kappa shape index (κ2) is 7.81. The minimum absolute atomic E-state index is 1.21. The van der Waals surface area contributed by atoms with Crippen molar-refractivity contribution in [1.82, 2.24) is 4.40 Å². The summed E-state index contributed by atoms with van der Waals surface area (Å²) in [4.78, 5) is 0. The van der Waals surface area contributed by atoms with Crippen molar-refractivity contribution in [1.29, 1.82) is 0 Å². The third-order valence-electron chi connectivity index (χ3n) is 7.74. The Morgan fingerprint density at radius 1 is 0.378 bits per heavy atom. The van der Waals surface area contributed by atoms with Gasteiger partial charge in [-0.2, -0.15) is 0 Å². The molecule has 0 saturated heterocycles. The van der Waals surface area contributed by atoms with Crippen molar-refractivity contribution in [3.8, 4) is 22.4 Å². The van der Waals surface area contributed by atoms with Crippen molar-refractivity contribution in [3.63, 3.8) is 0 Å². The van der Waals surface area contributed by atoms with Gasteiger partial charge in [0.1, 0.15) is 0 Å². The van der Waals surface area contributed by atoms with E-state index in [0.717, 1.165) is 0 Å². The van der Waals surface area contributed by atoms with Crippen LogP contribution in [-0.2, 0) is 0 Å².